The van der Waals surface area contributed by atoms with E-state index in [1.165, 1.54) is 0 Å². The van der Waals surface area contributed by atoms with Crippen LogP contribution in [-0.4, -0.2) is 37.0 Å². The quantitative estimate of drug-likeness (QED) is 0.611. The number of amides is 1. The smallest absolute Gasteiger partial charge is 0.223 e. The highest BCUT2D eigenvalue weighted by atomic mass is 16.1. The highest BCUT2D eigenvalue weighted by molar-refractivity contribution is 5.77. The maximum Gasteiger partial charge on any atom is 0.223 e. The Morgan fingerprint density at radius 1 is 1.19 bits per heavy atom. The minimum absolute atomic E-state index is 0.125. The van der Waals surface area contributed by atoms with E-state index in [9.17, 15) is 4.79 Å². The van der Waals surface area contributed by atoms with Crippen LogP contribution in [0.5, 0.6) is 0 Å². The van der Waals surface area contributed by atoms with Gasteiger partial charge in [0.05, 0.1) is 0 Å². The zero-order valence-corrected chi connectivity index (χ0v) is 11.0. The van der Waals surface area contributed by atoms with Crippen molar-refractivity contribution in [1.82, 2.24) is 10.2 Å². The predicted molar refractivity (Wildman–Crippen MR) is 69.5 cm³/mol. The second kappa shape index (κ2) is 10.7. The van der Waals surface area contributed by atoms with E-state index in [-0.39, 0.29) is 5.91 Å². The van der Waals surface area contributed by atoms with Gasteiger partial charge in [0, 0.05) is 19.5 Å². The Morgan fingerprint density at radius 3 is 2.44 bits per heavy atom. The molecule has 0 radical (unpaired) electrons. The van der Waals surface area contributed by atoms with Crippen LogP contribution in [0.2, 0.25) is 0 Å². The van der Waals surface area contributed by atoms with E-state index < -0.39 is 0 Å². The molecule has 0 aromatic heterocycles. The monoisotopic (exact) mass is 226 g/mol. The summed E-state index contributed by atoms with van der Waals surface area (Å²) in [4.78, 5) is 13.7. The average Bonchev–Trinajstić information content (AvgIpc) is 2.30. The Morgan fingerprint density at radius 2 is 1.88 bits per heavy atom. The second-order valence-electron chi connectivity index (χ2n) is 3.84. The van der Waals surface area contributed by atoms with E-state index in [4.69, 9.17) is 0 Å². The van der Waals surface area contributed by atoms with Gasteiger partial charge in [-0.2, -0.15) is 0 Å². The number of hydrogen-bond acceptors (Lipinski definition) is 2. The zero-order valence-electron chi connectivity index (χ0n) is 11.0. The third kappa shape index (κ3) is 8.48. The number of unbranched alkanes of at least 4 members (excludes halogenated alkanes) is 1. The molecule has 0 aromatic rings. The van der Waals surface area contributed by atoms with Gasteiger partial charge in [0.25, 0.3) is 0 Å². The van der Waals surface area contributed by atoms with Crippen molar-refractivity contribution >= 4 is 5.91 Å². The van der Waals surface area contributed by atoms with Crippen LogP contribution < -0.4 is 5.32 Å². The molecular weight excluding hydrogens is 200 g/mol. The van der Waals surface area contributed by atoms with Crippen molar-refractivity contribution in [2.24, 2.45) is 0 Å². The third-order valence-electron chi connectivity index (χ3n) is 2.57. The number of nitrogens with zero attached hydrogens (tertiary/aromatic N) is 1. The van der Waals surface area contributed by atoms with Gasteiger partial charge in [-0.3, -0.25) is 4.79 Å². The molecule has 0 unspecified atom stereocenters. The Kier molecular flexibility index (Phi) is 10.1. The summed E-state index contributed by atoms with van der Waals surface area (Å²) in [7, 11) is 0. The summed E-state index contributed by atoms with van der Waals surface area (Å²) < 4.78 is 0. The molecule has 16 heavy (non-hydrogen) atoms. The molecule has 94 valence electrons. The first-order valence-electron chi connectivity index (χ1n) is 6.38. The number of likely N-dealkylation sites (N-methyl/N-ethyl adjacent to an activating group) is 1. The fourth-order valence-corrected chi connectivity index (χ4v) is 1.44. The molecular formula is C13H26N2O. The summed E-state index contributed by atoms with van der Waals surface area (Å²) >= 11 is 0. The van der Waals surface area contributed by atoms with Gasteiger partial charge in [-0.15, -0.1) is 0 Å². The predicted octanol–water partition coefficient (Wildman–Crippen LogP) is 2.19. The molecule has 0 saturated heterocycles. The molecule has 1 amide bonds. The lowest BCUT2D eigenvalue weighted by Gasteiger charge is -2.17. The lowest BCUT2D eigenvalue weighted by Crippen LogP contribution is -2.34. The molecule has 0 aromatic carbocycles. The van der Waals surface area contributed by atoms with E-state index >= 15 is 0 Å². The average molecular weight is 226 g/mol. The fourth-order valence-electron chi connectivity index (χ4n) is 1.44. The lowest BCUT2D eigenvalue weighted by atomic mass is 10.3. The molecule has 0 aliphatic carbocycles. The van der Waals surface area contributed by atoms with E-state index in [1.54, 1.807) is 0 Å². The second-order valence-corrected chi connectivity index (χ2v) is 3.84. The van der Waals surface area contributed by atoms with Crippen LogP contribution in [0, 0.1) is 0 Å². The molecule has 0 spiro atoms. The summed E-state index contributed by atoms with van der Waals surface area (Å²) in [6, 6.07) is 0. The SMILES string of the molecule is CCC/C=C/CC(=O)NCCN(CC)CC. The van der Waals surface area contributed by atoms with Crippen LogP contribution in [-0.2, 0) is 4.79 Å². The first kappa shape index (κ1) is 15.2. The van der Waals surface area contributed by atoms with Gasteiger partial charge in [-0.05, 0) is 19.5 Å². The van der Waals surface area contributed by atoms with Crippen molar-refractivity contribution in [3.63, 3.8) is 0 Å². The summed E-state index contributed by atoms with van der Waals surface area (Å²) in [5.41, 5.74) is 0. The van der Waals surface area contributed by atoms with Crippen molar-refractivity contribution in [3.05, 3.63) is 12.2 Å². The Bertz CT molecular complexity index is 198. The van der Waals surface area contributed by atoms with Gasteiger partial charge in [0.2, 0.25) is 5.91 Å². The van der Waals surface area contributed by atoms with E-state index in [1.807, 2.05) is 6.08 Å². The van der Waals surface area contributed by atoms with Gasteiger partial charge in [0.15, 0.2) is 0 Å². The molecule has 0 aliphatic rings. The molecule has 0 aliphatic heterocycles. The van der Waals surface area contributed by atoms with Crippen LogP contribution in [0.4, 0.5) is 0 Å². The highest BCUT2D eigenvalue weighted by Gasteiger charge is 2.00. The number of carbonyl (C=O) groups is 1. The summed E-state index contributed by atoms with van der Waals surface area (Å²) in [5, 5.41) is 2.93. The van der Waals surface area contributed by atoms with Gasteiger partial charge >= 0.3 is 0 Å². The van der Waals surface area contributed by atoms with Crippen molar-refractivity contribution in [2.75, 3.05) is 26.2 Å². The molecule has 0 saturated carbocycles. The fraction of sp³-hybridized carbons (Fsp3) is 0.769. The Labute approximate surface area is 99.9 Å². The van der Waals surface area contributed by atoms with Crippen molar-refractivity contribution in [1.29, 1.82) is 0 Å². The first-order chi connectivity index (χ1) is 7.74. The molecule has 0 fully saturated rings. The van der Waals surface area contributed by atoms with Crippen molar-refractivity contribution in [2.45, 2.75) is 40.0 Å². The lowest BCUT2D eigenvalue weighted by molar-refractivity contribution is -0.120. The molecule has 1 N–H and O–H groups in total. The van der Waals surface area contributed by atoms with Crippen LogP contribution >= 0.6 is 0 Å². The minimum Gasteiger partial charge on any atom is -0.355 e. The number of allylic oxidation sites excluding steroid dienone is 1. The van der Waals surface area contributed by atoms with Crippen LogP contribution in [0.25, 0.3) is 0 Å². The Hall–Kier alpha value is -0.830. The number of rotatable bonds is 9. The third-order valence-corrected chi connectivity index (χ3v) is 2.57. The molecule has 0 bridgehead atoms. The number of hydrogen-bond donors (Lipinski definition) is 1. The maximum absolute atomic E-state index is 11.4. The van der Waals surface area contributed by atoms with Crippen molar-refractivity contribution in [3.8, 4) is 0 Å². The van der Waals surface area contributed by atoms with Gasteiger partial charge in [-0.25, -0.2) is 0 Å². The molecule has 0 heterocycles. The van der Waals surface area contributed by atoms with Crippen LogP contribution in [0.3, 0.4) is 0 Å². The molecule has 3 nitrogen and oxygen atoms in total. The van der Waals surface area contributed by atoms with Gasteiger partial charge < -0.3 is 10.2 Å². The van der Waals surface area contributed by atoms with Crippen LogP contribution in [0.1, 0.15) is 40.0 Å². The van der Waals surface area contributed by atoms with Gasteiger partial charge in [0.1, 0.15) is 0 Å². The van der Waals surface area contributed by atoms with E-state index in [2.05, 4.69) is 37.1 Å². The molecule has 0 atom stereocenters. The number of carbonyl (C=O) groups excluding carboxylic acids is 1. The maximum atomic E-state index is 11.4. The minimum atomic E-state index is 0.125. The van der Waals surface area contributed by atoms with Crippen LogP contribution in [0.15, 0.2) is 12.2 Å². The Balaban J connectivity index is 3.50. The number of nitrogens with one attached hydrogen (secondary N) is 1. The molecule has 0 rings (SSSR count). The standard InChI is InChI=1S/C13H26N2O/c1-4-7-8-9-10-13(16)14-11-12-15(5-2)6-3/h8-9H,4-7,10-12H2,1-3H3,(H,14,16)/b9-8+. The normalized spacial score (nSPS) is 11.2. The van der Waals surface area contributed by atoms with E-state index in [0.717, 1.165) is 39.0 Å². The summed E-state index contributed by atoms with van der Waals surface area (Å²) in [6.45, 7) is 10.2. The van der Waals surface area contributed by atoms with Crippen molar-refractivity contribution < 1.29 is 4.79 Å². The zero-order chi connectivity index (χ0) is 12.2. The summed E-state index contributed by atoms with van der Waals surface area (Å²) in [6.07, 6.45) is 6.74. The molecule has 3 heteroatoms. The van der Waals surface area contributed by atoms with Gasteiger partial charge in [-0.1, -0.05) is 39.3 Å². The largest absolute Gasteiger partial charge is 0.355 e. The first-order valence-corrected chi connectivity index (χ1v) is 6.38. The highest BCUT2D eigenvalue weighted by Crippen LogP contribution is 1.91. The van der Waals surface area contributed by atoms with E-state index in [0.29, 0.717) is 6.42 Å². The topological polar surface area (TPSA) is 32.3 Å². The summed E-state index contributed by atoms with van der Waals surface area (Å²) in [5.74, 6) is 0.125.